The lowest BCUT2D eigenvalue weighted by atomic mass is 10.1. The number of fused-ring (bicyclic) bond motifs is 1. The van der Waals surface area contributed by atoms with Crippen LogP contribution in [-0.4, -0.2) is 35.0 Å². The largest absolute Gasteiger partial charge is 0.354 e. The lowest BCUT2D eigenvalue weighted by Gasteiger charge is -2.09. The van der Waals surface area contributed by atoms with Crippen LogP contribution in [0.1, 0.15) is 23.4 Å². The highest BCUT2D eigenvalue weighted by Crippen LogP contribution is 2.19. The fraction of sp³-hybridized carbons (Fsp3) is 0.412. The molecule has 2 aromatic rings. The average Bonchev–Trinajstić information content (AvgIpc) is 3.16. The Kier molecular flexibility index (Phi) is 4.24. The standard InChI is InChI=1S/C17H22N4O/c1-11-7-8-13-16(12(11)2)21-15(20-13)6-4-10-19-17(22)14-5-3-9-18-14/h3,5,7-8,14,18H,4,6,9-10H2,1-2H3,(H,19,22)(H,20,21)/t14-/m0/s1. The number of benzene rings is 1. The van der Waals surface area contributed by atoms with Crippen LogP contribution in [0.15, 0.2) is 24.3 Å². The van der Waals surface area contributed by atoms with E-state index in [-0.39, 0.29) is 11.9 Å². The van der Waals surface area contributed by atoms with Crippen LogP contribution in [0.3, 0.4) is 0 Å². The van der Waals surface area contributed by atoms with Gasteiger partial charge < -0.3 is 10.3 Å². The van der Waals surface area contributed by atoms with Crippen molar-refractivity contribution in [3.8, 4) is 0 Å². The van der Waals surface area contributed by atoms with Crippen molar-refractivity contribution in [1.29, 1.82) is 0 Å². The lowest BCUT2D eigenvalue weighted by molar-refractivity contribution is -0.121. The van der Waals surface area contributed by atoms with Gasteiger partial charge in [0.15, 0.2) is 0 Å². The van der Waals surface area contributed by atoms with Gasteiger partial charge in [-0.3, -0.25) is 10.1 Å². The summed E-state index contributed by atoms with van der Waals surface area (Å²) < 4.78 is 0. The van der Waals surface area contributed by atoms with E-state index in [1.807, 2.05) is 12.2 Å². The molecule has 1 amide bonds. The average molecular weight is 298 g/mol. The van der Waals surface area contributed by atoms with Crippen LogP contribution in [0.4, 0.5) is 0 Å². The number of aryl methyl sites for hydroxylation is 3. The van der Waals surface area contributed by atoms with Crippen LogP contribution in [0.25, 0.3) is 11.0 Å². The Balaban J connectivity index is 1.52. The number of H-pyrrole nitrogens is 1. The number of carbonyl (C=O) groups is 1. The van der Waals surface area contributed by atoms with Gasteiger partial charge in [0.05, 0.1) is 11.0 Å². The molecule has 1 aliphatic heterocycles. The molecule has 0 aliphatic carbocycles. The molecule has 0 saturated carbocycles. The van der Waals surface area contributed by atoms with Gasteiger partial charge in [-0.1, -0.05) is 18.2 Å². The highest BCUT2D eigenvalue weighted by atomic mass is 16.2. The van der Waals surface area contributed by atoms with Gasteiger partial charge in [-0.15, -0.1) is 0 Å². The topological polar surface area (TPSA) is 69.8 Å². The maximum absolute atomic E-state index is 11.8. The van der Waals surface area contributed by atoms with Crippen LogP contribution in [0.5, 0.6) is 0 Å². The van der Waals surface area contributed by atoms with Crippen molar-refractivity contribution < 1.29 is 4.79 Å². The van der Waals surface area contributed by atoms with E-state index < -0.39 is 0 Å². The zero-order valence-corrected chi connectivity index (χ0v) is 13.1. The van der Waals surface area contributed by atoms with Crippen molar-refractivity contribution in [2.45, 2.75) is 32.7 Å². The maximum atomic E-state index is 11.8. The summed E-state index contributed by atoms with van der Waals surface area (Å²) in [6.07, 6.45) is 5.59. The van der Waals surface area contributed by atoms with Gasteiger partial charge in [-0.2, -0.15) is 0 Å². The zero-order valence-electron chi connectivity index (χ0n) is 13.1. The van der Waals surface area contributed by atoms with Gasteiger partial charge in [0.2, 0.25) is 5.91 Å². The van der Waals surface area contributed by atoms with Crippen molar-refractivity contribution in [3.05, 3.63) is 41.2 Å². The third-order valence-electron chi connectivity index (χ3n) is 4.18. The predicted octanol–water partition coefficient (Wildman–Crippen LogP) is 1.76. The number of carbonyl (C=O) groups excluding carboxylic acids is 1. The minimum Gasteiger partial charge on any atom is -0.354 e. The van der Waals surface area contributed by atoms with E-state index in [4.69, 9.17) is 0 Å². The quantitative estimate of drug-likeness (QED) is 0.582. The SMILES string of the molecule is Cc1ccc2[nH]c(CCCNC(=O)[C@@H]3C=CCN3)nc2c1C. The molecule has 22 heavy (non-hydrogen) atoms. The van der Waals surface area contributed by atoms with Crippen LogP contribution in [0.2, 0.25) is 0 Å². The van der Waals surface area contributed by atoms with Crippen molar-refractivity contribution in [1.82, 2.24) is 20.6 Å². The Morgan fingerprint density at radius 2 is 2.27 bits per heavy atom. The van der Waals surface area contributed by atoms with E-state index in [1.165, 1.54) is 11.1 Å². The van der Waals surface area contributed by atoms with Crippen LogP contribution in [0, 0.1) is 13.8 Å². The highest BCUT2D eigenvalue weighted by Gasteiger charge is 2.16. The van der Waals surface area contributed by atoms with Crippen LogP contribution < -0.4 is 10.6 Å². The van der Waals surface area contributed by atoms with Crippen molar-refractivity contribution in [3.63, 3.8) is 0 Å². The lowest BCUT2D eigenvalue weighted by Crippen LogP contribution is -2.40. The van der Waals surface area contributed by atoms with E-state index in [0.717, 1.165) is 36.2 Å². The molecule has 0 saturated heterocycles. The van der Waals surface area contributed by atoms with Crippen molar-refractivity contribution in [2.75, 3.05) is 13.1 Å². The smallest absolute Gasteiger partial charge is 0.241 e. The first-order chi connectivity index (χ1) is 10.6. The summed E-state index contributed by atoms with van der Waals surface area (Å²) in [7, 11) is 0. The molecule has 116 valence electrons. The molecule has 1 aromatic heterocycles. The molecular weight excluding hydrogens is 276 g/mol. The predicted molar refractivity (Wildman–Crippen MR) is 87.8 cm³/mol. The number of aromatic nitrogens is 2. The summed E-state index contributed by atoms with van der Waals surface area (Å²) in [5.41, 5.74) is 4.63. The molecular formula is C17H22N4O. The van der Waals surface area contributed by atoms with Gasteiger partial charge in [-0.05, 0) is 37.5 Å². The number of imidazole rings is 1. The number of nitrogens with one attached hydrogen (secondary N) is 3. The van der Waals surface area contributed by atoms with Gasteiger partial charge in [0.1, 0.15) is 11.9 Å². The summed E-state index contributed by atoms with van der Waals surface area (Å²) in [6, 6.07) is 4.02. The maximum Gasteiger partial charge on any atom is 0.241 e. The Labute approximate surface area is 130 Å². The third kappa shape index (κ3) is 3.04. The minimum absolute atomic E-state index is 0.0461. The molecule has 0 unspecified atom stereocenters. The number of hydrogen-bond donors (Lipinski definition) is 3. The molecule has 1 aromatic carbocycles. The van der Waals surface area contributed by atoms with Gasteiger partial charge >= 0.3 is 0 Å². The Morgan fingerprint density at radius 3 is 3.05 bits per heavy atom. The highest BCUT2D eigenvalue weighted by molar-refractivity contribution is 5.84. The van der Waals surface area contributed by atoms with Gasteiger partial charge in [0, 0.05) is 19.5 Å². The fourth-order valence-electron chi connectivity index (χ4n) is 2.71. The Bertz CT molecular complexity index is 717. The Morgan fingerprint density at radius 1 is 1.41 bits per heavy atom. The zero-order chi connectivity index (χ0) is 15.5. The number of nitrogens with zero attached hydrogens (tertiary/aromatic N) is 1. The van der Waals surface area contributed by atoms with E-state index in [9.17, 15) is 4.79 Å². The summed E-state index contributed by atoms with van der Waals surface area (Å²) in [6.45, 7) is 5.64. The number of amides is 1. The first kappa shape index (κ1) is 14.8. The molecule has 1 aliphatic rings. The molecule has 5 heteroatoms. The summed E-state index contributed by atoms with van der Waals surface area (Å²) in [5, 5.41) is 6.06. The van der Waals surface area contributed by atoms with E-state index >= 15 is 0 Å². The van der Waals surface area contributed by atoms with E-state index in [0.29, 0.717) is 6.54 Å². The summed E-state index contributed by atoms with van der Waals surface area (Å²) >= 11 is 0. The van der Waals surface area contributed by atoms with Gasteiger partial charge in [-0.25, -0.2) is 4.98 Å². The molecule has 3 N–H and O–H groups in total. The molecule has 1 atom stereocenters. The van der Waals surface area contributed by atoms with Crippen molar-refractivity contribution in [2.24, 2.45) is 0 Å². The molecule has 2 heterocycles. The second-order valence-electron chi connectivity index (χ2n) is 5.80. The second kappa shape index (κ2) is 6.32. The molecule has 3 rings (SSSR count). The summed E-state index contributed by atoms with van der Waals surface area (Å²) in [5.74, 6) is 1.03. The second-order valence-corrected chi connectivity index (χ2v) is 5.80. The van der Waals surface area contributed by atoms with E-state index in [2.05, 4.69) is 46.6 Å². The molecule has 0 fully saturated rings. The number of hydrogen-bond acceptors (Lipinski definition) is 3. The molecule has 5 nitrogen and oxygen atoms in total. The fourth-order valence-corrected chi connectivity index (χ4v) is 2.71. The van der Waals surface area contributed by atoms with Crippen LogP contribution >= 0.6 is 0 Å². The minimum atomic E-state index is -0.170. The number of aromatic amines is 1. The molecule has 0 spiro atoms. The van der Waals surface area contributed by atoms with Gasteiger partial charge in [0.25, 0.3) is 0 Å². The first-order valence-corrected chi connectivity index (χ1v) is 7.77. The normalized spacial score (nSPS) is 17.3. The summed E-state index contributed by atoms with van der Waals surface area (Å²) in [4.78, 5) is 19.9. The molecule has 0 radical (unpaired) electrons. The van der Waals surface area contributed by atoms with E-state index in [1.54, 1.807) is 0 Å². The molecule has 0 bridgehead atoms. The number of rotatable bonds is 5. The Hall–Kier alpha value is -2.14. The van der Waals surface area contributed by atoms with Crippen LogP contribution in [-0.2, 0) is 11.2 Å². The third-order valence-corrected chi connectivity index (χ3v) is 4.18. The monoisotopic (exact) mass is 298 g/mol. The van der Waals surface area contributed by atoms with Crippen molar-refractivity contribution >= 4 is 16.9 Å². The first-order valence-electron chi connectivity index (χ1n) is 7.77.